The van der Waals surface area contributed by atoms with Gasteiger partial charge in [0.1, 0.15) is 11.3 Å². The number of benzene rings is 1. The number of aryl methyl sites for hydroxylation is 1. The van der Waals surface area contributed by atoms with Gasteiger partial charge in [0.2, 0.25) is 0 Å². The summed E-state index contributed by atoms with van der Waals surface area (Å²) in [6.45, 7) is 1.91. The van der Waals surface area contributed by atoms with E-state index in [0.717, 1.165) is 0 Å². The van der Waals surface area contributed by atoms with Gasteiger partial charge in [0, 0.05) is 17.8 Å². The second-order valence-electron chi connectivity index (χ2n) is 4.20. The zero-order chi connectivity index (χ0) is 13.8. The summed E-state index contributed by atoms with van der Waals surface area (Å²) in [4.78, 5) is 26.0. The number of phenols is 1. The van der Waals surface area contributed by atoms with Crippen molar-refractivity contribution in [2.45, 2.75) is 13.5 Å². The van der Waals surface area contributed by atoms with Crippen molar-refractivity contribution in [3.05, 3.63) is 63.6 Å². The molecule has 0 spiro atoms. The van der Waals surface area contributed by atoms with Crippen molar-refractivity contribution in [2.24, 2.45) is 0 Å². The fraction of sp³-hybridized carbons (Fsp3) is 0.143. The Hall–Kier alpha value is -2.56. The van der Waals surface area contributed by atoms with E-state index >= 15 is 0 Å². The summed E-state index contributed by atoms with van der Waals surface area (Å²) in [5, 5.41) is 12.2. The number of para-hydroxylation sites is 1. The lowest BCUT2D eigenvalue weighted by Gasteiger charge is -2.06. The van der Waals surface area contributed by atoms with Gasteiger partial charge in [-0.05, 0) is 25.1 Å². The number of hydrogen-bond acceptors (Lipinski definition) is 3. The number of H-pyrrole nitrogens is 1. The molecule has 0 atom stereocenters. The van der Waals surface area contributed by atoms with Gasteiger partial charge in [-0.2, -0.15) is 0 Å². The molecule has 0 saturated carbocycles. The SMILES string of the molecule is Cc1ccc(C(=O)NCc2ccccc2O)c(=O)[nH]1. The first kappa shape index (κ1) is 12.9. The number of amides is 1. The quantitative estimate of drug-likeness (QED) is 0.776. The minimum absolute atomic E-state index is 0.0565. The Morgan fingerprint density at radius 3 is 2.68 bits per heavy atom. The number of nitrogens with one attached hydrogen (secondary N) is 2. The van der Waals surface area contributed by atoms with E-state index in [1.165, 1.54) is 6.07 Å². The van der Waals surface area contributed by atoms with E-state index in [1.807, 2.05) is 0 Å². The number of carbonyl (C=O) groups is 1. The lowest BCUT2D eigenvalue weighted by molar-refractivity contribution is 0.0949. The molecule has 2 aromatic rings. The standard InChI is InChI=1S/C14H14N2O3/c1-9-6-7-11(14(19)16-9)13(18)15-8-10-4-2-3-5-12(10)17/h2-7,17H,8H2,1H3,(H,15,18)(H,16,19). The molecule has 0 saturated heterocycles. The van der Waals surface area contributed by atoms with Crippen molar-refractivity contribution in [1.29, 1.82) is 0 Å². The smallest absolute Gasteiger partial charge is 0.260 e. The van der Waals surface area contributed by atoms with E-state index in [2.05, 4.69) is 10.3 Å². The molecule has 5 nitrogen and oxygen atoms in total. The van der Waals surface area contributed by atoms with E-state index in [0.29, 0.717) is 11.3 Å². The molecule has 0 fully saturated rings. The molecule has 3 N–H and O–H groups in total. The van der Waals surface area contributed by atoms with Crippen molar-refractivity contribution < 1.29 is 9.90 Å². The van der Waals surface area contributed by atoms with E-state index in [4.69, 9.17) is 0 Å². The molecule has 0 bridgehead atoms. The average molecular weight is 258 g/mol. The van der Waals surface area contributed by atoms with Crippen LogP contribution in [-0.4, -0.2) is 16.0 Å². The highest BCUT2D eigenvalue weighted by Gasteiger charge is 2.10. The molecule has 19 heavy (non-hydrogen) atoms. The number of pyridine rings is 1. The molecule has 0 unspecified atom stereocenters. The molecule has 0 aliphatic carbocycles. The molecule has 0 aliphatic rings. The van der Waals surface area contributed by atoms with Crippen LogP contribution in [-0.2, 0) is 6.54 Å². The van der Waals surface area contributed by atoms with Gasteiger partial charge in [-0.1, -0.05) is 18.2 Å². The van der Waals surface area contributed by atoms with Crippen LogP contribution in [0.2, 0.25) is 0 Å². The van der Waals surface area contributed by atoms with Gasteiger partial charge in [-0.3, -0.25) is 9.59 Å². The molecule has 5 heteroatoms. The maximum Gasteiger partial charge on any atom is 0.260 e. The van der Waals surface area contributed by atoms with Crippen LogP contribution in [0.4, 0.5) is 0 Å². The van der Waals surface area contributed by atoms with Crippen LogP contribution >= 0.6 is 0 Å². The monoisotopic (exact) mass is 258 g/mol. The molecule has 1 aromatic carbocycles. The third kappa shape index (κ3) is 3.01. The second-order valence-corrected chi connectivity index (χ2v) is 4.20. The van der Waals surface area contributed by atoms with Crippen LogP contribution in [0.5, 0.6) is 5.75 Å². The largest absolute Gasteiger partial charge is 0.508 e. The first-order valence-corrected chi connectivity index (χ1v) is 5.83. The first-order valence-electron chi connectivity index (χ1n) is 5.83. The van der Waals surface area contributed by atoms with Crippen molar-refractivity contribution in [2.75, 3.05) is 0 Å². The number of aromatic nitrogens is 1. The maximum atomic E-state index is 11.8. The van der Waals surface area contributed by atoms with Gasteiger partial charge in [-0.15, -0.1) is 0 Å². The summed E-state index contributed by atoms with van der Waals surface area (Å²) in [5.74, 6) is -0.356. The molecular formula is C14H14N2O3. The number of carbonyl (C=O) groups excluding carboxylic acids is 1. The zero-order valence-corrected chi connectivity index (χ0v) is 10.4. The van der Waals surface area contributed by atoms with Crippen LogP contribution in [0, 0.1) is 6.92 Å². The van der Waals surface area contributed by atoms with Crippen molar-refractivity contribution in [3.63, 3.8) is 0 Å². The van der Waals surface area contributed by atoms with E-state index in [9.17, 15) is 14.7 Å². The summed E-state index contributed by atoms with van der Waals surface area (Å²) in [6.07, 6.45) is 0. The molecule has 98 valence electrons. The zero-order valence-electron chi connectivity index (χ0n) is 10.4. The molecule has 2 rings (SSSR count). The number of rotatable bonds is 3. The minimum atomic E-state index is -0.468. The van der Waals surface area contributed by atoms with E-state index in [-0.39, 0.29) is 17.9 Å². The molecule has 0 aliphatic heterocycles. The summed E-state index contributed by atoms with van der Waals surface area (Å²) in [6, 6.07) is 9.85. The Morgan fingerprint density at radius 1 is 1.26 bits per heavy atom. The highest BCUT2D eigenvalue weighted by atomic mass is 16.3. The van der Waals surface area contributed by atoms with Crippen LogP contribution in [0.1, 0.15) is 21.6 Å². The van der Waals surface area contributed by atoms with Crippen LogP contribution in [0.15, 0.2) is 41.2 Å². The van der Waals surface area contributed by atoms with Crippen LogP contribution in [0.25, 0.3) is 0 Å². The van der Waals surface area contributed by atoms with E-state index in [1.54, 1.807) is 37.3 Å². The Bertz CT molecular complexity index is 662. The highest BCUT2D eigenvalue weighted by Crippen LogP contribution is 2.14. The molecular weight excluding hydrogens is 244 g/mol. The Labute approximate surface area is 109 Å². The predicted molar refractivity (Wildman–Crippen MR) is 71.1 cm³/mol. The third-order valence-electron chi connectivity index (χ3n) is 2.73. The highest BCUT2D eigenvalue weighted by molar-refractivity contribution is 5.93. The lowest BCUT2D eigenvalue weighted by atomic mass is 10.2. The fourth-order valence-electron chi connectivity index (χ4n) is 1.68. The summed E-state index contributed by atoms with van der Waals surface area (Å²) in [7, 11) is 0. The van der Waals surface area contributed by atoms with Gasteiger partial charge in [0.25, 0.3) is 11.5 Å². The number of aromatic amines is 1. The van der Waals surface area contributed by atoms with Crippen molar-refractivity contribution in [1.82, 2.24) is 10.3 Å². The Morgan fingerprint density at radius 2 is 2.00 bits per heavy atom. The van der Waals surface area contributed by atoms with Gasteiger partial charge in [-0.25, -0.2) is 0 Å². The number of phenolic OH excluding ortho intramolecular Hbond substituents is 1. The van der Waals surface area contributed by atoms with Gasteiger partial charge >= 0.3 is 0 Å². The van der Waals surface area contributed by atoms with Crippen molar-refractivity contribution >= 4 is 5.91 Å². The van der Waals surface area contributed by atoms with Crippen LogP contribution < -0.4 is 10.9 Å². The van der Waals surface area contributed by atoms with Crippen molar-refractivity contribution in [3.8, 4) is 5.75 Å². The Balaban J connectivity index is 2.10. The van der Waals surface area contributed by atoms with Gasteiger partial charge < -0.3 is 15.4 Å². The third-order valence-corrected chi connectivity index (χ3v) is 2.73. The van der Waals surface area contributed by atoms with Gasteiger partial charge in [0.15, 0.2) is 0 Å². The summed E-state index contributed by atoms with van der Waals surface area (Å²) < 4.78 is 0. The summed E-state index contributed by atoms with van der Waals surface area (Å²) in [5.41, 5.74) is 0.928. The molecule has 0 radical (unpaired) electrons. The fourth-order valence-corrected chi connectivity index (χ4v) is 1.68. The Kier molecular flexibility index (Phi) is 3.66. The van der Waals surface area contributed by atoms with Crippen LogP contribution in [0.3, 0.4) is 0 Å². The van der Waals surface area contributed by atoms with Gasteiger partial charge in [0.05, 0.1) is 0 Å². The normalized spacial score (nSPS) is 10.2. The molecule has 1 heterocycles. The predicted octanol–water partition coefficient (Wildman–Crippen LogP) is 1.32. The van der Waals surface area contributed by atoms with E-state index < -0.39 is 11.5 Å². The second kappa shape index (κ2) is 5.39. The average Bonchev–Trinajstić information content (AvgIpc) is 2.37. The summed E-state index contributed by atoms with van der Waals surface area (Å²) >= 11 is 0. The number of hydrogen-bond donors (Lipinski definition) is 3. The number of aromatic hydroxyl groups is 1. The topological polar surface area (TPSA) is 82.2 Å². The minimum Gasteiger partial charge on any atom is -0.508 e. The first-order chi connectivity index (χ1) is 9.08. The maximum absolute atomic E-state index is 11.8. The molecule has 1 amide bonds. The molecule has 1 aromatic heterocycles. The lowest BCUT2D eigenvalue weighted by Crippen LogP contribution is -2.29.